The van der Waals surface area contributed by atoms with Gasteiger partial charge in [0.2, 0.25) is 5.91 Å². The quantitative estimate of drug-likeness (QED) is 0.473. The van der Waals surface area contributed by atoms with E-state index in [4.69, 9.17) is 0 Å². The van der Waals surface area contributed by atoms with E-state index >= 15 is 0 Å². The molecule has 0 aliphatic heterocycles. The molecular formula is C21H22F3N9O. The molecule has 4 aromatic heterocycles. The summed E-state index contributed by atoms with van der Waals surface area (Å²) in [6, 6.07) is 3.54. The molecular weight excluding hydrogens is 451 g/mol. The van der Waals surface area contributed by atoms with Crippen LogP contribution in [0.2, 0.25) is 0 Å². The van der Waals surface area contributed by atoms with Crippen molar-refractivity contribution in [3.8, 4) is 5.95 Å². The average molecular weight is 473 g/mol. The van der Waals surface area contributed by atoms with E-state index in [1.54, 1.807) is 26.8 Å². The van der Waals surface area contributed by atoms with Crippen molar-refractivity contribution in [2.75, 3.05) is 5.32 Å². The SMILES string of the molecule is Cc1cc(C)nc(-n2nc(C)cc2NC(=O)CCc2c(C)nc3nc(C(F)(F)F)nn3c2C)n1. The van der Waals surface area contributed by atoms with Gasteiger partial charge in [0.05, 0.1) is 5.69 Å². The van der Waals surface area contributed by atoms with Crippen LogP contribution in [0.4, 0.5) is 19.0 Å². The number of carbonyl (C=O) groups is 1. The van der Waals surface area contributed by atoms with Crippen LogP contribution in [0.3, 0.4) is 0 Å². The van der Waals surface area contributed by atoms with Gasteiger partial charge in [-0.25, -0.2) is 19.5 Å². The molecule has 0 spiro atoms. The Bertz CT molecular complexity index is 1380. The van der Waals surface area contributed by atoms with Gasteiger partial charge in [-0.2, -0.15) is 27.9 Å². The molecule has 0 fully saturated rings. The predicted molar refractivity (Wildman–Crippen MR) is 116 cm³/mol. The molecule has 4 aromatic rings. The van der Waals surface area contributed by atoms with Gasteiger partial charge < -0.3 is 5.32 Å². The van der Waals surface area contributed by atoms with Crippen LogP contribution in [0.15, 0.2) is 12.1 Å². The van der Waals surface area contributed by atoms with Crippen molar-refractivity contribution in [2.24, 2.45) is 0 Å². The smallest absolute Gasteiger partial charge is 0.310 e. The molecule has 13 heteroatoms. The van der Waals surface area contributed by atoms with Crippen LogP contribution in [0.25, 0.3) is 11.7 Å². The number of fused-ring (bicyclic) bond motifs is 1. The van der Waals surface area contributed by atoms with Gasteiger partial charge in [-0.1, -0.05) is 0 Å². The Morgan fingerprint density at radius 2 is 1.62 bits per heavy atom. The third-order valence-corrected chi connectivity index (χ3v) is 5.16. The van der Waals surface area contributed by atoms with Crippen molar-refractivity contribution in [2.45, 2.75) is 53.6 Å². The number of rotatable bonds is 5. The van der Waals surface area contributed by atoms with E-state index in [-0.39, 0.29) is 24.5 Å². The number of amides is 1. The van der Waals surface area contributed by atoms with Gasteiger partial charge in [0.15, 0.2) is 0 Å². The van der Waals surface area contributed by atoms with E-state index in [1.807, 2.05) is 19.9 Å². The number of carbonyl (C=O) groups excluding carboxylic acids is 1. The second-order valence-electron chi connectivity index (χ2n) is 7.99. The lowest BCUT2D eigenvalue weighted by Crippen LogP contribution is -2.17. The summed E-state index contributed by atoms with van der Waals surface area (Å²) < 4.78 is 41.5. The first-order chi connectivity index (χ1) is 15.9. The zero-order valence-corrected chi connectivity index (χ0v) is 19.2. The van der Waals surface area contributed by atoms with Crippen molar-refractivity contribution < 1.29 is 18.0 Å². The molecule has 0 bridgehead atoms. The molecule has 0 saturated carbocycles. The molecule has 0 saturated heterocycles. The highest BCUT2D eigenvalue weighted by Crippen LogP contribution is 2.27. The van der Waals surface area contributed by atoms with Crippen molar-refractivity contribution in [3.63, 3.8) is 0 Å². The molecule has 0 aromatic carbocycles. The first kappa shape index (κ1) is 23.3. The van der Waals surface area contributed by atoms with Gasteiger partial charge in [-0.3, -0.25) is 4.79 Å². The maximum absolute atomic E-state index is 13.0. The fraction of sp³-hybridized carbons (Fsp3) is 0.381. The summed E-state index contributed by atoms with van der Waals surface area (Å²) in [7, 11) is 0. The predicted octanol–water partition coefficient (Wildman–Crippen LogP) is 3.23. The first-order valence-corrected chi connectivity index (χ1v) is 10.4. The summed E-state index contributed by atoms with van der Waals surface area (Å²) in [6.07, 6.45) is -4.36. The molecule has 0 unspecified atom stereocenters. The zero-order chi connectivity index (χ0) is 24.8. The normalized spacial score (nSPS) is 11.9. The number of aromatic nitrogens is 8. The number of nitrogens with zero attached hydrogens (tertiary/aromatic N) is 8. The maximum atomic E-state index is 13.0. The third kappa shape index (κ3) is 4.58. The maximum Gasteiger partial charge on any atom is 0.453 e. The number of halogens is 3. The monoisotopic (exact) mass is 473 g/mol. The van der Waals surface area contributed by atoms with Crippen LogP contribution < -0.4 is 5.32 Å². The van der Waals surface area contributed by atoms with Gasteiger partial charge in [-0.05, 0) is 52.7 Å². The molecule has 0 aliphatic carbocycles. The molecule has 178 valence electrons. The number of nitrogens with one attached hydrogen (secondary N) is 1. The topological polar surface area (TPSA) is 116 Å². The fourth-order valence-electron chi connectivity index (χ4n) is 3.68. The van der Waals surface area contributed by atoms with Gasteiger partial charge in [0, 0.05) is 35.3 Å². The molecule has 0 aliphatic rings. The molecule has 0 radical (unpaired) electrons. The number of aryl methyl sites for hydroxylation is 5. The van der Waals surface area contributed by atoms with Crippen LogP contribution in [0.1, 0.15) is 46.3 Å². The van der Waals surface area contributed by atoms with E-state index in [1.165, 1.54) is 4.68 Å². The molecule has 10 nitrogen and oxygen atoms in total. The lowest BCUT2D eigenvalue weighted by molar-refractivity contribution is -0.144. The van der Waals surface area contributed by atoms with Gasteiger partial charge >= 0.3 is 6.18 Å². The largest absolute Gasteiger partial charge is 0.453 e. The molecule has 1 N–H and O–H groups in total. The highest BCUT2D eigenvalue weighted by molar-refractivity contribution is 5.90. The third-order valence-electron chi connectivity index (χ3n) is 5.16. The summed E-state index contributed by atoms with van der Waals surface area (Å²) in [4.78, 5) is 29.1. The lowest BCUT2D eigenvalue weighted by Gasteiger charge is -2.11. The fourth-order valence-corrected chi connectivity index (χ4v) is 3.68. The summed E-state index contributed by atoms with van der Waals surface area (Å²) in [5, 5.41) is 10.7. The van der Waals surface area contributed by atoms with Crippen molar-refractivity contribution in [3.05, 3.63) is 52.0 Å². The second kappa shape index (κ2) is 8.47. The summed E-state index contributed by atoms with van der Waals surface area (Å²) in [5.74, 6) is -0.938. The van der Waals surface area contributed by atoms with E-state index in [2.05, 4.69) is 35.5 Å². The minimum absolute atomic E-state index is 0.0631. The Kier molecular flexibility index (Phi) is 5.79. The average Bonchev–Trinajstić information content (AvgIpc) is 3.30. The minimum Gasteiger partial charge on any atom is -0.310 e. The second-order valence-corrected chi connectivity index (χ2v) is 7.99. The molecule has 34 heavy (non-hydrogen) atoms. The number of hydrogen-bond acceptors (Lipinski definition) is 7. The Morgan fingerprint density at radius 3 is 2.26 bits per heavy atom. The number of anilines is 1. The van der Waals surface area contributed by atoms with Crippen LogP contribution >= 0.6 is 0 Å². The minimum atomic E-state index is -4.67. The van der Waals surface area contributed by atoms with E-state index in [0.29, 0.717) is 34.4 Å². The Labute approximate surface area is 192 Å². The molecule has 4 heterocycles. The highest BCUT2D eigenvalue weighted by atomic mass is 19.4. The standard InChI is InChI=1S/C21H22F3N9O/c1-10-8-11(2)26-19(25-10)33-16(9-12(3)30-33)28-17(34)7-6-15-13(4)27-20-29-18(21(22,23)24)31-32(20)14(15)5/h8-9H,6-7H2,1-5H3,(H,28,34). The molecule has 0 atom stereocenters. The van der Waals surface area contributed by atoms with Crippen LogP contribution in [-0.4, -0.2) is 45.2 Å². The van der Waals surface area contributed by atoms with Gasteiger partial charge in [-0.15, -0.1) is 5.10 Å². The Balaban J connectivity index is 1.54. The first-order valence-electron chi connectivity index (χ1n) is 10.4. The number of hydrogen-bond donors (Lipinski definition) is 1. The van der Waals surface area contributed by atoms with E-state index in [0.717, 1.165) is 15.9 Å². The van der Waals surface area contributed by atoms with Crippen molar-refractivity contribution in [1.82, 2.24) is 39.3 Å². The molecule has 1 amide bonds. The van der Waals surface area contributed by atoms with E-state index in [9.17, 15) is 18.0 Å². The number of alkyl halides is 3. The highest BCUT2D eigenvalue weighted by Gasteiger charge is 2.37. The van der Waals surface area contributed by atoms with Crippen LogP contribution in [0, 0.1) is 34.6 Å². The molecule has 4 rings (SSSR count). The van der Waals surface area contributed by atoms with Crippen molar-refractivity contribution >= 4 is 17.5 Å². The van der Waals surface area contributed by atoms with Crippen LogP contribution in [-0.2, 0) is 17.4 Å². The lowest BCUT2D eigenvalue weighted by atomic mass is 10.1. The van der Waals surface area contributed by atoms with Crippen LogP contribution in [0.5, 0.6) is 0 Å². The van der Waals surface area contributed by atoms with Crippen molar-refractivity contribution in [1.29, 1.82) is 0 Å². The van der Waals surface area contributed by atoms with Gasteiger partial charge in [0.1, 0.15) is 5.82 Å². The summed E-state index contributed by atoms with van der Waals surface area (Å²) in [6.45, 7) is 8.76. The van der Waals surface area contributed by atoms with Gasteiger partial charge in [0.25, 0.3) is 17.6 Å². The summed E-state index contributed by atoms with van der Waals surface area (Å²) >= 11 is 0. The zero-order valence-electron chi connectivity index (χ0n) is 19.2. The van der Waals surface area contributed by atoms with E-state index < -0.39 is 12.0 Å². The Morgan fingerprint density at radius 1 is 0.941 bits per heavy atom. The Hall–Kier alpha value is -3.90. The summed E-state index contributed by atoms with van der Waals surface area (Å²) in [5.41, 5.74) is 3.77.